The van der Waals surface area contributed by atoms with E-state index in [1.54, 1.807) is 24.7 Å². The number of furan rings is 1. The van der Waals surface area contributed by atoms with Crippen LogP contribution in [0.3, 0.4) is 0 Å². The highest BCUT2D eigenvalue weighted by atomic mass is 32.2. The second-order valence-corrected chi connectivity index (χ2v) is 12.2. The zero-order valence-electron chi connectivity index (χ0n) is 22.9. The van der Waals surface area contributed by atoms with E-state index >= 15 is 0 Å². The molecule has 2 fully saturated rings. The molecule has 3 aromatic heterocycles. The Balaban J connectivity index is 0.000000477. The van der Waals surface area contributed by atoms with Crippen LogP contribution in [0.25, 0.3) is 22.2 Å². The van der Waals surface area contributed by atoms with Crippen LogP contribution in [0.4, 0.5) is 5.82 Å². The van der Waals surface area contributed by atoms with Crippen LogP contribution in [0.1, 0.15) is 25.7 Å². The minimum Gasteiger partial charge on any atom is -0.445 e. The molecule has 0 atom stereocenters. The third-order valence-corrected chi connectivity index (χ3v) is 8.15. The first-order valence-electron chi connectivity index (χ1n) is 13.8. The van der Waals surface area contributed by atoms with E-state index in [1.807, 2.05) is 30.3 Å². The van der Waals surface area contributed by atoms with Gasteiger partial charge in [-0.3, -0.25) is 0 Å². The first-order valence-corrected chi connectivity index (χ1v) is 15.7. The Morgan fingerprint density at radius 3 is 2.33 bits per heavy atom. The number of anilines is 1. The second-order valence-electron chi connectivity index (χ2n) is 10.3. The standard InChI is InChI=1S/C25H32N4O4S.C4H4N2/c1-34(30,31)25-26-23(22-21(18-33-24(22)27-25)20-7-3-2-4-8-20)29-13-9-19(10-14-29)17-32-16-15-28-11-5-6-12-28;1-2-5-4-6-3-1/h2-4,7-8,18-19H,5-6,9-17H2,1H3;1-4H. The number of piperidine rings is 1. The van der Waals surface area contributed by atoms with Crippen molar-refractivity contribution in [3.05, 3.63) is 61.4 Å². The van der Waals surface area contributed by atoms with Crippen molar-refractivity contribution in [2.24, 2.45) is 5.92 Å². The van der Waals surface area contributed by atoms with Gasteiger partial charge in [0.1, 0.15) is 18.4 Å². The molecule has 2 saturated heterocycles. The van der Waals surface area contributed by atoms with Gasteiger partial charge in [0, 0.05) is 50.5 Å². The van der Waals surface area contributed by atoms with Crippen molar-refractivity contribution in [3.8, 4) is 11.1 Å². The maximum Gasteiger partial charge on any atom is 0.252 e. The predicted octanol–water partition coefficient (Wildman–Crippen LogP) is 4.10. The number of hydrogen-bond acceptors (Lipinski definition) is 10. The number of sulfone groups is 1. The third kappa shape index (κ3) is 7.21. The molecule has 212 valence electrons. The molecule has 0 spiro atoms. The van der Waals surface area contributed by atoms with Crippen LogP contribution < -0.4 is 4.90 Å². The number of hydrogen-bond donors (Lipinski definition) is 0. The molecule has 0 radical (unpaired) electrons. The lowest BCUT2D eigenvalue weighted by Gasteiger charge is -2.33. The van der Waals surface area contributed by atoms with E-state index in [4.69, 9.17) is 9.15 Å². The lowest BCUT2D eigenvalue weighted by Crippen LogP contribution is -2.36. The summed E-state index contributed by atoms with van der Waals surface area (Å²) < 4.78 is 36.3. The Bertz CT molecular complexity index is 1430. The van der Waals surface area contributed by atoms with Gasteiger partial charge in [-0.25, -0.2) is 23.4 Å². The van der Waals surface area contributed by atoms with E-state index < -0.39 is 9.84 Å². The number of fused-ring (bicyclic) bond motifs is 1. The molecule has 0 aliphatic carbocycles. The Labute approximate surface area is 235 Å². The number of benzene rings is 1. The highest BCUT2D eigenvalue weighted by Crippen LogP contribution is 2.37. The zero-order valence-corrected chi connectivity index (χ0v) is 23.7. The Kier molecular flexibility index (Phi) is 9.35. The van der Waals surface area contributed by atoms with Crippen LogP contribution >= 0.6 is 0 Å². The lowest BCUT2D eigenvalue weighted by atomic mass is 9.97. The molecule has 0 saturated carbocycles. The second kappa shape index (κ2) is 13.3. The minimum absolute atomic E-state index is 0.198. The molecule has 11 heteroatoms. The molecule has 0 N–H and O–H groups in total. The summed E-state index contributed by atoms with van der Waals surface area (Å²) in [6.45, 7) is 6.56. The molecule has 2 aliphatic heterocycles. The van der Waals surface area contributed by atoms with Gasteiger partial charge in [-0.15, -0.1) is 0 Å². The first kappa shape index (κ1) is 28.1. The van der Waals surface area contributed by atoms with Crippen molar-refractivity contribution >= 4 is 26.8 Å². The van der Waals surface area contributed by atoms with Crippen LogP contribution in [-0.4, -0.2) is 85.4 Å². The summed E-state index contributed by atoms with van der Waals surface area (Å²) in [7, 11) is -3.58. The van der Waals surface area contributed by atoms with E-state index in [2.05, 4.69) is 29.7 Å². The Hall–Kier alpha value is -3.41. The van der Waals surface area contributed by atoms with E-state index in [0.717, 1.165) is 68.5 Å². The van der Waals surface area contributed by atoms with Crippen LogP contribution in [0.5, 0.6) is 0 Å². The molecule has 4 aromatic rings. The van der Waals surface area contributed by atoms with Crippen molar-refractivity contribution in [1.29, 1.82) is 0 Å². The summed E-state index contributed by atoms with van der Waals surface area (Å²) in [5, 5.41) is 0.565. The lowest BCUT2D eigenvalue weighted by molar-refractivity contribution is 0.0753. The highest BCUT2D eigenvalue weighted by Gasteiger charge is 2.27. The third-order valence-electron chi connectivity index (χ3n) is 7.31. The number of nitrogens with zero attached hydrogens (tertiary/aromatic N) is 6. The van der Waals surface area contributed by atoms with Gasteiger partial charge < -0.3 is 19.0 Å². The van der Waals surface area contributed by atoms with Gasteiger partial charge in [0.2, 0.25) is 15.6 Å². The van der Waals surface area contributed by atoms with Gasteiger partial charge >= 0.3 is 0 Å². The molecule has 6 rings (SSSR count). The van der Waals surface area contributed by atoms with Crippen molar-refractivity contribution in [3.63, 3.8) is 0 Å². The Morgan fingerprint density at radius 1 is 0.975 bits per heavy atom. The van der Waals surface area contributed by atoms with E-state index in [1.165, 1.54) is 32.3 Å². The van der Waals surface area contributed by atoms with Crippen LogP contribution in [-0.2, 0) is 14.6 Å². The van der Waals surface area contributed by atoms with Gasteiger partial charge in [0.15, 0.2) is 0 Å². The van der Waals surface area contributed by atoms with Crippen molar-refractivity contribution in [2.45, 2.75) is 30.8 Å². The fourth-order valence-electron chi connectivity index (χ4n) is 5.14. The molecule has 5 heterocycles. The summed E-state index contributed by atoms with van der Waals surface area (Å²) in [5.41, 5.74) is 2.16. The summed E-state index contributed by atoms with van der Waals surface area (Å²) in [6.07, 6.45) is 12.2. The molecular formula is C29H36N6O4S. The summed E-state index contributed by atoms with van der Waals surface area (Å²) in [4.78, 5) is 20.7. The summed E-state index contributed by atoms with van der Waals surface area (Å²) >= 11 is 0. The maximum absolute atomic E-state index is 12.3. The number of rotatable bonds is 8. The quantitative estimate of drug-likeness (QED) is 0.229. The minimum atomic E-state index is -3.58. The molecule has 10 nitrogen and oxygen atoms in total. The molecule has 0 bridgehead atoms. The van der Waals surface area contributed by atoms with Crippen LogP contribution in [0, 0.1) is 5.92 Å². The monoisotopic (exact) mass is 564 g/mol. The van der Waals surface area contributed by atoms with Crippen LogP contribution in [0.2, 0.25) is 0 Å². The fourth-order valence-corrected chi connectivity index (χ4v) is 5.64. The average molecular weight is 565 g/mol. The van der Waals surface area contributed by atoms with Gasteiger partial charge in [0.05, 0.1) is 12.0 Å². The molecule has 1 aromatic carbocycles. The van der Waals surface area contributed by atoms with E-state index in [0.29, 0.717) is 17.4 Å². The molecule has 0 amide bonds. The van der Waals surface area contributed by atoms with Crippen LogP contribution in [0.15, 0.2) is 71.0 Å². The largest absolute Gasteiger partial charge is 0.445 e. The normalized spacial score (nSPS) is 16.7. The summed E-state index contributed by atoms with van der Waals surface area (Å²) in [5.74, 6) is 1.13. The number of ether oxygens (including phenoxy) is 1. The first-order chi connectivity index (χ1) is 19.5. The molecule has 40 heavy (non-hydrogen) atoms. The van der Waals surface area contributed by atoms with E-state index in [-0.39, 0.29) is 5.16 Å². The molecule has 2 aliphatic rings. The maximum atomic E-state index is 12.3. The number of likely N-dealkylation sites (tertiary alicyclic amines) is 1. The predicted molar refractivity (Wildman–Crippen MR) is 154 cm³/mol. The van der Waals surface area contributed by atoms with Gasteiger partial charge in [0.25, 0.3) is 5.16 Å². The molecular weight excluding hydrogens is 528 g/mol. The Morgan fingerprint density at radius 2 is 1.70 bits per heavy atom. The fraction of sp³-hybridized carbons (Fsp3) is 0.448. The number of aromatic nitrogens is 4. The highest BCUT2D eigenvalue weighted by molar-refractivity contribution is 7.90. The smallest absolute Gasteiger partial charge is 0.252 e. The topological polar surface area (TPSA) is 115 Å². The van der Waals surface area contributed by atoms with Gasteiger partial charge in [-0.1, -0.05) is 30.3 Å². The zero-order chi connectivity index (χ0) is 27.8. The summed E-state index contributed by atoms with van der Waals surface area (Å²) in [6, 6.07) is 11.7. The van der Waals surface area contributed by atoms with E-state index in [9.17, 15) is 8.42 Å². The average Bonchev–Trinajstić information content (AvgIpc) is 3.67. The van der Waals surface area contributed by atoms with Crippen molar-refractivity contribution < 1.29 is 17.6 Å². The van der Waals surface area contributed by atoms with Crippen molar-refractivity contribution in [2.75, 3.05) is 57.1 Å². The van der Waals surface area contributed by atoms with Gasteiger partial charge in [-0.2, -0.15) is 4.98 Å². The molecule has 0 unspecified atom stereocenters. The SMILES string of the molecule is CS(=O)(=O)c1nc(N2CCC(COCCN3CCCC3)CC2)c2c(-c3ccccc3)coc2n1.c1cncnc1. The van der Waals surface area contributed by atoms with Gasteiger partial charge in [-0.05, 0) is 56.3 Å². The van der Waals surface area contributed by atoms with Crippen molar-refractivity contribution in [1.82, 2.24) is 24.8 Å².